The molecule has 0 atom stereocenters. The summed E-state index contributed by atoms with van der Waals surface area (Å²) in [6, 6.07) is 0.232. The van der Waals surface area contributed by atoms with Gasteiger partial charge in [-0.25, -0.2) is 4.98 Å². The van der Waals surface area contributed by atoms with E-state index in [1.165, 1.54) is 0 Å². The fraction of sp³-hybridized carbons (Fsp3) is 0.538. The molecule has 0 bridgehead atoms. The number of fused-ring (bicyclic) bond motifs is 1. The van der Waals surface area contributed by atoms with Crippen LogP contribution < -0.4 is 10.9 Å². The molecule has 3 rings (SSSR count). The zero-order valence-electron chi connectivity index (χ0n) is 11.0. The molecule has 1 aliphatic heterocycles. The summed E-state index contributed by atoms with van der Waals surface area (Å²) in [6.07, 6.45) is 7.43. The molecule has 0 saturated carbocycles. The predicted octanol–water partition coefficient (Wildman–Crippen LogP) is 0.567. The summed E-state index contributed by atoms with van der Waals surface area (Å²) in [5.74, 6) is 0. The van der Waals surface area contributed by atoms with E-state index in [1.807, 2.05) is 25.6 Å². The Morgan fingerprint density at radius 2 is 2.21 bits per heavy atom. The molecule has 2 aromatic rings. The summed E-state index contributed by atoms with van der Waals surface area (Å²) in [6.45, 7) is 2.11. The molecule has 19 heavy (non-hydrogen) atoms. The normalized spacial score (nSPS) is 17.1. The molecule has 1 aliphatic rings. The maximum absolute atomic E-state index is 12.5. The highest BCUT2D eigenvalue weighted by molar-refractivity contribution is 5.37. The third kappa shape index (κ3) is 2.29. The Labute approximate surface area is 111 Å². The number of aromatic nitrogens is 3. The van der Waals surface area contributed by atoms with Gasteiger partial charge >= 0.3 is 0 Å². The standard InChI is InChI=1S/C13H18N4O2/c1-14-8-10-9-16-4-5-17(13(18)12(16)15-10)11-2-6-19-7-3-11/h4-5,9,11,14H,2-3,6-8H2,1H3. The average Bonchev–Trinajstić information content (AvgIpc) is 2.84. The zero-order valence-corrected chi connectivity index (χ0v) is 11.0. The first kappa shape index (κ1) is 12.4. The lowest BCUT2D eigenvalue weighted by Gasteiger charge is -2.23. The Morgan fingerprint density at radius 1 is 1.42 bits per heavy atom. The summed E-state index contributed by atoms with van der Waals surface area (Å²) in [5.41, 5.74) is 1.36. The molecule has 0 aromatic carbocycles. The van der Waals surface area contributed by atoms with Crippen molar-refractivity contribution in [1.82, 2.24) is 19.3 Å². The molecule has 0 radical (unpaired) electrons. The fourth-order valence-electron chi connectivity index (χ4n) is 2.56. The number of nitrogens with zero attached hydrogens (tertiary/aromatic N) is 3. The van der Waals surface area contributed by atoms with Gasteiger partial charge in [-0.05, 0) is 19.9 Å². The van der Waals surface area contributed by atoms with Crippen molar-refractivity contribution in [1.29, 1.82) is 0 Å². The van der Waals surface area contributed by atoms with E-state index in [2.05, 4.69) is 10.3 Å². The second-order valence-corrected chi connectivity index (χ2v) is 4.85. The second-order valence-electron chi connectivity index (χ2n) is 4.85. The first-order chi connectivity index (χ1) is 9.29. The molecule has 1 saturated heterocycles. The summed E-state index contributed by atoms with van der Waals surface area (Å²) < 4.78 is 8.94. The van der Waals surface area contributed by atoms with Gasteiger partial charge in [-0.15, -0.1) is 0 Å². The van der Waals surface area contributed by atoms with Crippen molar-refractivity contribution in [3.63, 3.8) is 0 Å². The Hall–Kier alpha value is -1.66. The Kier molecular flexibility index (Phi) is 3.35. The number of imidazole rings is 1. The summed E-state index contributed by atoms with van der Waals surface area (Å²) >= 11 is 0. The number of hydrogen-bond donors (Lipinski definition) is 1. The third-order valence-electron chi connectivity index (χ3n) is 3.54. The smallest absolute Gasteiger partial charge is 0.294 e. The van der Waals surface area contributed by atoms with Gasteiger partial charge in [0.15, 0.2) is 0 Å². The van der Waals surface area contributed by atoms with Crippen LogP contribution in [0.1, 0.15) is 24.6 Å². The van der Waals surface area contributed by atoms with Crippen LogP contribution in [0.2, 0.25) is 0 Å². The van der Waals surface area contributed by atoms with E-state index in [0.717, 1.165) is 31.7 Å². The van der Waals surface area contributed by atoms with Gasteiger partial charge in [0, 0.05) is 44.4 Å². The van der Waals surface area contributed by atoms with Crippen LogP contribution >= 0.6 is 0 Å². The fourth-order valence-corrected chi connectivity index (χ4v) is 2.56. The van der Waals surface area contributed by atoms with Crippen LogP contribution in [-0.2, 0) is 11.3 Å². The number of nitrogens with one attached hydrogen (secondary N) is 1. The Balaban J connectivity index is 2.02. The van der Waals surface area contributed by atoms with E-state index in [-0.39, 0.29) is 11.6 Å². The minimum absolute atomic E-state index is 0.0169. The third-order valence-corrected chi connectivity index (χ3v) is 3.54. The highest BCUT2D eigenvalue weighted by Gasteiger charge is 2.18. The van der Waals surface area contributed by atoms with Crippen LogP contribution in [0.4, 0.5) is 0 Å². The van der Waals surface area contributed by atoms with E-state index < -0.39 is 0 Å². The van der Waals surface area contributed by atoms with Crippen molar-refractivity contribution in [2.75, 3.05) is 20.3 Å². The topological polar surface area (TPSA) is 60.6 Å². The van der Waals surface area contributed by atoms with Gasteiger partial charge in [-0.3, -0.25) is 4.79 Å². The highest BCUT2D eigenvalue weighted by atomic mass is 16.5. The lowest BCUT2D eigenvalue weighted by Crippen LogP contribution is -2.29. The molecule has 0 spiro atoms. The van der Waals surface area contributed by atoms with Crippen molar-refractivity contribution in [3.05, 3.63) is 34.6 Å². The Bertz CT molecular complexity index is 625. The van der Waals surface area contributed by atoms with Crippen LogP contribution in [0.25, 0.3) is 5.65 Å². The van der Waals surface area contributed by atoms with Crippen molar-refractivity contribution in [3.8, 4) is 0 Å². The summed E-state index contributed by atoms with van der Waals surface area (Å²) in [4.78, 5) is 16.9. The van der Waals surface area contributed by atoms with Crippen LogP contribution in [-0.4, -0.2) is 34.2 Å². The maximum Gasteiger partial charge on any atom is 0.294 e. The minimum atomic E-state index is -0.0169. The molecule has 1 fully saturated rings. The van der Waals surface area contributed by atoms with Crippen LogP contribution in [0.15, 0.2) is 23.4 Å². The molecule has 6 heteroatoms. The number of hydrogen-bond acceptors (Lipinski definition) is 4. The highest BCUT2D eigenvalue weighted by Crippen LogP contribution is 2.18. The van der Waals surface area contributed by atoms with Gasteiger partial charge in [-0.2, -0.15) is 0 Å². The van der Waals surface area contributed by atoms with Crippen LogP contribution in [0.5, 0.6) is 0 Å². The molecule has 0 amide bonds. The molecule has 6 nitrogen and oxygen atoms in total. The lowest BCUT2D eigenvalue weighted by atomic mass is 10.1. The van der Waals surface area contributed by atoms with Crippen molar-refractivity contribution >= 4 is 5.65 Å². The quantitative estimate of drug-likeness (QED) is 0.878. The van der Waals surface area contributed by atoms with Crippen molar-refractivity contribution in [2.24, 2.45) is 0 Å². The number of rotatable bonds is 3. The van der Waals surface area contributed by atoms with E-state index in [9.17, 15) is 4.79 Å². The Morgan fingerprint density at radius 3 is 2.95 bits per heavy atom. The second kappa shape index (κ2) is 5.14. The molecule has 102 valence electrons. The van der Waals surface area contributed by atoms with Gasteiger partial charge in [0.2, 0.25) is 5.65 Å². The average molecular weight is 262 g/mol. The van der Waals surface area contributed by atoms with Gasteiger partial charge in [-0.1, -0.05) is 0 Å². The van der Waals surface area contributed by atoms with Crippen LogP contribution in [0, 0.1) is 0 Å². The van der Waals surface area contributed by atoms with Crippen molar-refractivity contribution < 1.29 is 4.74 Å². The first-order valence-corrected chi connectivity index (χ1v) is 6.60. The molecule has 0 unspecified atom stereocenters. The van der Waals surface area contributed by atoms with Crippen LogP contribution in [0.3, 0.4) is 0 Å². The predicted molar refractivity (Wildman–Crippen MR) is 71.3 cm³/mol. The zero-order chi connectivity index (χ0) is 13.2. The van der Waals surface area contributed by atoms with E-state index in [1.54, 1.807) is 8.97 Å². The van der Waals surface area contributed by atoms with Gasteiger partial charge in [0.05, 0.1) is 5.69 Å². The molecular weight excluding hydrogens is 244 g/mol. The molecule has 0 aliphatic carbocycles. The van der Waals surface area contributed by atoms with Gasteiger partial charge < -0.3 is 19.0 Å². The molecule has 3 heterocycles. The molecular formula is C13H18N4O2. The van der Waals surface area contributed by atoms with E-state index in [4.69, 9.17) is 4.74 Å². The first-order valence-electron chi connectivity index (χ1n) is 6.60. The largest absolute Gasteiger partial charge is 0.381 e. The molecule has 1 N–H and O–H groups in total. The number of ether oxygens (including phenoxy) is 1. The maximum atomic E-state index is 12.5. The van der Waals surface area contributed by atoms with Gasteiger partial charge in [0.1, 0.15) is 0 Å². The van der Waals surface area contributed by atoms with E-state index >= 15 is 0 Å². The summed E-state index contributed by atoms with van der Waals surface area (Å²) in [5, 5.41) is 3.04. The van der Waals surface area contributed by atoms with E-state index in [0.29, 0.717) is 12.2 Å². The van der Waals surface area contributed by atoms with Gasteiger partial charge in [0.25, 0.3) is 5.56 Å². The summed E-state index contributed by atoms with van der Waals surface area (Å²) in [7, 11) is 1.87. The van der Waals surface area contributed by atoms with Crippen molar-refractivity contribution in [2.45, 2.75) is 25.4 Å². The monoisotopic (exact) mass is 262 g/mol. The SMILES string of the molecule is CNCc1cn2ccn(C3CCOCC3)c(=O)c2n1. The minimum Gasteiger partial charge on any atom is -0.381 e. The lowest BCUT2D eigenvalue weighted by molar-refractivity contribution is 0.0687. The molecule has 2 aromatic heterocycles.